The molecule has 0 radical (unpaired) electrons. The molecular formula is C14H26N2S. The summed E-state index contributed by atoms with van der Waals surface area (Å²) in [6.45, 7) is 7.97. The molecule has 0 aliphatic carbocycles. The fraction of sp³-hybridized carbons (Fsp3) is 0.714. The number of nitrogens with one attached hydrogen (secondary N) is 1. The van der Waals surface area contributed by atoms with Crippen molar-refractivity contribution in [3.05, 3.63) is 22.4 Å². The summed E-state index contributed by atoms with van der Waals surface area (Å²) >= 11 is 1.78. The van der Waals surface area contributed by atoms with Gasteiger partial charge in [-0.05, 0) is 82.2 Å². The lowest BCUT2D eigenvalue weighted by Crippen LogP contribution is -2.28. The van der Waals surface area contributed by atoms with E-state index in [1.54, 1.807) is 11.3 Å². The van der Waals surface area contributed by atoms with E-state index < -0.39 is 0 Å². The SMILES string of the molecule is CC(C)N(C)CCCCNCCc1ccsc1. The predicted molar refractivity (Wildman–Crippen MR) is 77.9 cm³/mol. The first-order valence-electron chi connectivity index (χ1n) is 6.62. The Kier molecular flexibility index (Phi) is 7.49. The standard InChI is InChI=1S/C14H26N2S/c1-13(2)16(3)10-5-4-8-15-9-6-14-7-11-17-12-14/h7,11-13,15H,4-6,8-10H2,1-3H3. The lowest BCUT2D eigenvalue weighted by atomic mass is 10.2. The van der Waals surface area contributed by atoms with Gasteiger partial charge in [0.05, 0.1) is 0 Å². The predicted octanol–water partition coefficient (Wildman–Crippen LogP) is 3.00. The second kappa shape index (κ2) is 8.67. The van der Waals surface area contributed by atoms with Crippen molar-refractivity contribution in [1.82, 2.24) is 10.2 Å². The molecule has 0 aromatic carbocycles. The molecule has 0 saturated heterocycles. The number of rotatable bonds is 9. The first-order chi connectivity index (χ1) is 8.20. The van der Waals surface area contributed by atoms with E-state index in [9.17, 15) is 0 Å². The van der Waals surface area contributed by atoms with Crippen LogP contribution in [0.2, 0.25) is 0 Å². The third-order valence-electron chi connectivity index (χ3n) is 3.17. The average molecular weight is 254 g/mol. The number of nitrogens with zero attached hydrogens (tertiary/aromatic N) is 1. The maximum atomic E-state index is 3.51. The minimum atomic E-state index is 0.668. The Morgan fingerprint density at radius 1 is 1.29 bits per heavy atom. The summed E-state index contributed by atoms with van der Waals surface area (Å²) in [5.74, 6) is 0. The third kappa shape index (κ3) is 6.81. The summed E-state index contributed by atoms with van der Waals surface area (Å²) in [6, 6.07) is 2.88. The van der Waals surface area contributed by atoms with Gasteiger partial charge in [-0.2, -0.15) is 11.3 Å². The van der Waals surface area contributed by atoms with E-state index in [-0.39, 0.29) is 0 Å². The highest BCUT2D eigenvalue weighted by molar-refractivity contribution is 7.07. The van der Waals surface area contributed by atoms with E-state index in [0.717, 1.165) is 19.5 Å². The number of hydrogen-bond donors (Lipinski definition) is 1. The molecule has 1 heterocycles. The second-order valence-electron chi connectivity index (χ2n) is 4.91. The molecule has 98 valence electrons. The summed E-state index contributed by atoms with van der Waals surface area (Å²) in [4.78, 5) is 2.41. The van der Waals surface area contributed by atoms with Crippen LogP contribution in [0.1, 0.15) is 32.3 Å². The fourth-order valence-electron chi connectivity index (χ4n) is 1.66. The Balaban J connectivity index is 1.88. The molecule has 0 spiro atoms. The van der Waals surface area contributed by atoms with Crippen LogP contribution in [0.3, 0.4) is 0 Å². The largest absolute Gasteiger partial charge is 0.316 e. The van der Waals surface area contributed by atoms with Crippen molar-refractivity contribution in [3.8, 4) is 0 Å². The van der Waals surface area contributed by atoms with Crippen LogP contribution in [-0.4, -0.2) is 37.6 Å². The van der Waals surface area contributed by atoms with Crippen molar-refractivity contribution in [1.29, 1.82) is 0 Å². The molecule has 0 bridgehead atoms. The average Bonchev–Trinajstić information content (AvgIpc) is 2.80. The van der Waals surface area contributed by atoms with E-state index >= 15 is 0 Å². The van der Waals surface area contributed by atoms with Crippen LogP contribution in [0, 0.1) is 0 Å². The summed E-state index contributed by atoms with van der Waals surface area (Å²) in [6.07, 6.45) is 3.73. The van der Waals surface area contributed by atoms with E-state index in [2.05, 4.69) is 47.9 Å². The van der Waals surface area contributed by atoms with Crippen molar-refractivity contribution < 1.29 is 0 Å². The van der Waals surface area contributed by atoms with Gasteiger partial charge in [-0.15, -0.1) is 0 Å². The van der Waals surface area contributed by atoms with Crippen LogP contribution < -0.4 is 5.32 Å². The molecule has 1 aromatic heterocycles. The number of hydrogen-bond acceptors (Lipinski definition) is 3. The van der Waals surface area contributed by atoms with Crippen molar-refractivity contribution in [2.24, 2.45) is 0 Å². The number of thiophene rings is 1. The van der Waals surface area contributed by atoms with Crippen molar-refractivity contribution in [3.63, 3.8) is 0 Å². The highest BCUT2D eigenvalue weighted by Gasteiger charge is 2.01. The molecule has 3 heteroatoms. The Hall–Kier alpha value is -0.380. The van der Waals surface area contributed by atoms with Crippen molar-refractivity contribution in [2.75, 3.05) is 26.7 Å². The highest BCUT2D eigenvalue weighted by atomic mass is 32.1. The molecule has 1 aromatic rings. The molecule has 0 atom stereocenters. The van der Waals surface area contributed by atoms with E-state index in [0.29, 0.717) is 6.04 Å². The lowest BCUT2D eigenvalue weighted by molar-refractivity contribution is 0.268. The minimum absolute atomic E-state index is 0.668. The van der Waals surface area contributed by atoms with Gasteiger partial charge in [-0.3, -0.25) is 0 Å². The van der Waals surface area contributed by atoms with Gasteiger partial charge in [-0.25, -0.2) is 0 Å². The third-order valence-corrected chi connectivity index (χ3v) is 3.90. The van der Waals surface area contributed by atoms with Crippen LogP contribution in [0.25, 0.3) is 0 Å². The molecule has 1 N–H and O–H groups in total. The van der Waals surface area contributed by atoms with Gasteiger partial charge in [0.1, 0.15) is 0 Å². The first-order valence-corrected chi connectivity index (χ1v) is 7.56. The molecule has 1 rings (SSSR count). The maximum absolute atomic E-state index is 3.51. The quantitative estimate of drug-likeness (QED) is 0.682. The zero-order valence-electron chi connectivity index (χ0n) is 11.4. The van der Waals surface area contributed by atoms with Gasteiger partial charge in [0.15, 0.2) is 0 Å². The Bertz CT molecular complexity index is 270. The van der Waals surface area contributed by atoms with Gasteiger partial charge >= 0.3 is 0 Å². The Morgan fingerprint density at radius 3 is 2.76 bits per heavy atom. The van der Waals surface area contributed by atoms with E-state index in [1.165, 1.54) is 24.9 Å². The van der Waals surface area contributed by atoms with Crippen LogP contribution in [0.15, 0.2) is 16.8 Å². The Labute approximate surface area is 110 Å². The first kappa shape index (κ1) is 14.7. The molecule has 0 amide bonds. The molecule has 17 heavy (non-hydrogen) atoms. The van der Waals surface area contributed by atoms with E-state index in [1.807, 2.05) is 0 Å². The minimum Gasteiger partial charge on any atom is -0.316 e. The molecule has 0 aliphatic rings. The highest BCUT2D eigenvalue weighted by Crippen LogP contribution is 2.05. The van der Waals surface area contributed by atoms with Gasteiger partial charge < -0.3 is 10.2 Å². The molecule has 0 fully saturated rings. The summed E-state index contributed by atoms with van der Waals surface area (Å²) in [5, 5.41) is 7.90. The van der Waals surface area contributed by atoms with Crippen molar-refractivity contribution in [2.45, 2.75) is 39.2 Å². The lowest BCUT2D eigenvalue weighted by Gasteiger charge is -2.20. The zero-order chi connectivity index (χ0) is 12.5. The molecule has 0 unspecified atom stereocenters. The normalized spacial score (nSPS) is 11.6. The summed E-state index contributed by atoms with van der Waals surface area (Å²) < 4.78 is 0. The summed E-state index contributed by atoms with van der Waals surface area (Å²) in [5.41, 5.74) is 1.46. The van der Waals surface area contributed by atoms with E-state index in [4.69, 9.17) is 0 Å². The number of unbranched alkanes of at least 4 members (excludes halogenated alkanes) is 1. The topological polar surface area (TPSA) is 15.3 Å². The van der Waals surface area contributed by atoms with Crippen LogP contribution in [0.5, 0.6) is 0 Å². The summed E-state index contributed by atoms with van der Waals surface area (Å²) in [7, 11) is 2.20. The zero-order valence-corrected chi connectivity index (χ0v) is 12.2. The van der Waals surface area contributed by atoms with Crippen LogP contribution in [-0.2, 0) is 6.42 Å². The van der Waals surface area contributed by atoms with Gasteiger partial charge in [0, 0.05) is 6.04 Å². The maximum Gasteiger partial charge on any atom is 0.00355 e. The fourth-order valence-corrected chi connectivity index (χ4v) is 2.37. The smallest absolute Gasteiger partial charge is 0.00355 e. The van der Waals surface area contributed by atoms with Crippen LogP contribution >= 0.6 is 11.3 Å². The Morgan fingerprint density at radius 2 is 2.12 bits per heavy atom. The molecule has 2 nitrogen and oxygen atoms in total. The molecule has 0 saturated carbocycles. The second-order valence-corrected chi connectivity index (χ2v) is 5.69. The molecule has 0 aliphatic heterocycles. The van der Waals surface area contributed by atoms with Gasteiger partial charge in [0.25, 0.3) is 0 Å². The van der Waals surface area contributed by atoms with Crippen molar-refractivity contribution >= 4 is 11.3 Å². The van der Waals surface area contributed by atoms with Gasteiger partial charge in [0.2, 0.25) is 0 Å². The monoisotopic (exact) mass is 254 g/mol. The molecular weight excluding hydrogens is 228 g/mol. The van der Waals surface area contributed by atoms with Crippen LogP contribution in [0.4, 0.5) is 0 Å². The van der Waals surface area contributed by atoms with Gasteiger partial charge in [-0.1, -0.05) is 0 Å².